The third-order valence-corrected chi connectivity index (χ3v) is 4.07. The van der Waals surface area contributed by atoms with Crippen LogP contribution in [0.5, 0.6) is 0 Å². The highest BCUT2D eigenvalue weighted by molar-refractivity contribution is 5.35. The molecule has 0 aromatic heterocycles. The van der Waals surface area contributed by atoms with Crippen LogP contribution in [0.15, 0.2) is 24.3 Å². The van der Waals surface area contributed by atoms with Gasteiger partial charge >= 0.3 is 0 Å². The molecule has 0 saturated heterocycles. The van der Waals surface area contributed by atoms with Gasteiger partial charge in [-0.2, -0.15) is 0 Å². The average molecular weight is 233 g/mol. The zero-order valence-electron chi connectivity index (χ0n) is 11.1. The Kier molecular flexibility index (Phi) is 3.55. The molecule has 0 bridgehead atoms. The number of hydrogen-bond donors (Lipinski definition) is 1. The van der Waals surface area contributed by atoms with Gasteiger partial charge in [-0.25, -0.2) is 0 Å². The molecule has 94 valence electrons. The van der Waals surface area contributed by atoms with Crippen molar-refractivity contribution in [3.8, 4) is 0 Å². The van der Waals surface area contributed by atoms with E-state index in [0.29, 0.717) is 5.92 Å². The largest absolute Gasteiger partial charge is 0.379 e. The molecule has 0 aliphatic heterocycles. The molecule has 2 rings (SSSR count). The van der Waals surface area contributed by atoms with Gasteiger partial charge in [-0.15, -0.1) is 0 Å². The predicted molar refractivity (Wildman–Crippen MR) is 70.9 cm³/mol. The molecular weight excluding hydrogens is 210 g/mol. The third-order valence-electron chi connectivity index (χ3n) is 4.07. The summed E-state index contributed by atoms with van der Waals surface area (Å²) in [5, 5.41) is 0. The molecule has 0 heterocycles. The van der Waals surface area contributed by atoms with Gasteiger partial charge in [-0.1, -0.05) is 24.3 Å². The lowest BCUT2D eigenvalue weighted by Crippen LogP contribution is -2.25. The maximum Gasteiger partial charge on any atom is 0.0622 e. The molecular formula is C15H23NO. The fraction of sp³-hybridized carbons (Fsp3) is 0.600. The first-order valence-electron chi connectivity index (χ1n) is 6.42. The first-order valence-corrected chi connectivity index (χ1v) is 6.42. The summed E-state index contributed by atoms with van der Waals surface area (Å²) in [6.07, 6.45) is 3.32. The van der Waals surface area contributed by atoms with E-state index >= 15 is 0 Å². The summed E-state index contributed by atoms with van der Waals surface area (Å²) in [5.41, 5.74) is 9.06. The average Bonchev–Trinajstić information content (AvgIpc) is 2.65. The lowest BCUT2D eigenvalue weighted by molar-refractivity contribution is 0.00988. The van der Waals surface area contributed by atoms with Crippen LogP contribution in [0.1, 0.15) is 43.9 Å². The van der Waals surface area contributed by atoms with Gasteiger partial charge in [0.05, 0.1) is 5.60 Å². The standard InChI is InChI=1S/C15H23NO/c1-15(2,17-3)9-8-12-10-11-6-4-5-7-13(11)14(12)16/h4-7,12,14H,8-10,16H2,1-3H3. The van der Waals surface area contributed by atoms with Gasteiger partial charge in [-0.05, 0) is 50.2 Å². The van der Waals surface area contributed by atoms with Gasteiger partial charge in [0.25, 0.3) is 0 Å². The second kappa shape index (κ2) is 4.79. The molecule has 1 aromatic carbocycles. The zero-order valence-corrected chi connectivity index (χ0v) is 11.1. The summed E-state index contributed by atoms with van der Waals surface area (Å²) in [5.74, 6) is 0.571. The van der Waals surface area contributed by atoms with Crippen LogP contribution in [0.4, 0.5) is 0 Å². The van der Waals surface area contributed by atoms with Crippen molar-refractivity contribution in [3.63, 3.8) is 0 Å². The highest BCUT2D eigenvalue weighted by Gasteiger charge is 2.30. The van der Waals surface area contributed by atoms with Crippen molar-refractivity contribution >= 4 is 0 Å². The number of ether oxygens (including phenoxy) is 1. The van der Waals surface area contributed by atoms with Crippen LogP contribution < -0.4 is 5.73 Å². The van der Waals surface area contributed by atoms with E-state index in [2.05, 4.69) is 38.1 Å². The molecule has 2 nitrogen and oxygen atoms in total. The molecule has 0 amide bonds. The van der Waals surface area contributed by atoms with Crippen LogP contribution in [0, 0.1) is 5.92 Å². The molecule has 0 fully saturated rings. The Morgan fingerprint density at radius 1 is 1.35 bits per heavy atom. The Morgan fingerprint density at radius 3 is 2.71 bits per heavy atom. The lowest BCUT2D eigenvalue weighted by Gasteiger charge is -2.25. The van der Waals surface area contributed by atoms with E-state index in [4.69, 9.17) is 10.5 Å². The van der Waals surface area contributed by atoms with Gasteiger partial charge in [0.1, 0.15) is 0 Å². The fourth-order valence-corrected chi connectivity index (χ4v) is 2.63. The Labute approximate surface area is 104 Å². The molecule has 1 aromatic rings. The molecule has 0 spiro atoms. The van der Waals surface area contributed by atoms with Crippen molar-refractivity contribution in [2.24, 2.45) is 11.7 Å². The Morgan fingerprint density at radius 2 is 2.06 bits per heavy atom. The second-order valence-corrected chi connectivity index (χ2v) is 5.69. The van der Waals surface area contributed by atoms with Crippen molar-refractivity contribution in [1.29, 1.82) is 0 Å². The maximum absolute atomic E-state index is 6.32. The monoisotopic (exact) mass is 233 g/mol. The number of methoxy groups -OCH3 is 1. The minimum atomic E-state index is -0.0332. The van der Waals surface area contributed by atoms with Crippen molar-refractivity contribution in [3.05, 3.63) is 35.4 Å². The van der Waals surface area contributed by atoms with E-state index in [1.807, 2.05) is 0 Å². The van der Waals surface area contributed by atoms with Crippen LogP contribution >= 0.6 is 0 Å². The Bertz CT molecular complexity index is 386. The van der Waals surface area contributed by atoms with Crippen molar-refractivity contribution in [2.45, 2.75) is 44.8 Å². The number of nitrogens with two attached hydrogens (primary N) is 1. The summed E-state index contributed by atoms with van der Waals surface area (Å²) >= 11 is 0. The van der Waals surface area contributed by atoms with Crippen molar-refractivity contribution in [2.75, 3.05) is 7.11 Å². The predicted octanol–water partition coefficient (Wildman–Crippen LogP) is 3.06. The van der Waals surface area contributed by atoms with Crippen LogP contribution in [-0.4, -0.2) is 12.7 Å². The summed E-state index contributed by atoms with van der Waals surface area (Å²) in [6.45, 7) is 4.28. The van der Waals surface area contributed by atoms with E-state index in [1.54, 1.807) is 7.11 Å². The molecule has 17 heavy (non-hydrogen) atoms. The summed E-state index contributed by atoms with van der Waals surface area (Å²) in [4.78, 5) is 0. The van der Waals surface area contributed by atoms with Crippen LogP contribution in [0.3, 0.4) is 0 Å². The number of rotatable bonds is 4. The van der Waals surface area contributed by atoms with Gasteiger partial charge in [0.2, 0.25) is 0 Å². The van der Waals surface area contributed by atoms with Crippen molar-refractivity contribution in [1.82, 2.24) is 0 Å². The Hall–Kier alpha value is -0.860. The van der Waals surface area contributed by atoms with Crippen LogP contribution in [-0.2, 0) is 11.2 Å². The summed E-state index contributed by atoms with van der Waals surface area (Å²) < 4.78 is 5.47. The minimum absolute atomic E-state index is 0.0332. The number of benzene rings is 1. The van der Waals surface area contributed by atoms with E-state index in [-0.39, 0.29) is 11.6 Å². The Balaban J connectivity index is 1.99. The molecule has 0 saturated carbocycles. The van der Waals surface area contributed by atoms with Crippen LogP contribution in [0.25, 0.3) is 0 Å². The first-order chi connectivity index (χ1) is 8.03. The first kappa shape index (κ1) is 12.6. The van der Waals surface area contributed by atoms with Crippen molar-refractivity contribution < 1.29 is 4.74 Å². The van der Waals surface area contributed by atoms with E-state index in [1.165, 1.54) is 11.1 Å². The maximum atomic E-state index is 6.32. The number of fused-ring (bicyclic) bond motifs is 1. The van der Waals surface area contributed by atoms with E-state index in [9.17, 15) is 0 Å². The third kappa shape index (κ3) is 2.70. The SMILES string of the molecule is COC(C)(C)CCC1Cc2ccccc2C1N. The quantitative estimate of drug-likeness (QED) is 0.867. The van der Waals surface area contributed by atoms with Gasteiger partial charge < -0.3 is 10.5 Å². The topological polar surface area (TPSA) is 35.2 Å². The van der Waals surface area contributed by atoms with Gasteiger partial charge in [-0.3, -0.25) is 0 Å². The molecule has 2 unspecified atom stereocenters. The second-order valence-electron chi connectivity index (χ2n) is 5.69. The smallest absolute Gasteiger partial charge is 0.0622 e. The normalized spacial score (nSPS) is 23.8. The highest BCUT2D eigenvalue weighted by Crippen LogP contribution is 2.37. The fourth-order valence-electron chi connectivity index (χ4n) is 2.63. The van der Waals surface area contributed by atoms with Gasteiger partial charge in [0.15, 0.2) is 0 Å². The summed E-state index contributed by atoms with van der Waals surface area (Å²) in [6, 6.07) is 8.77. The molecule has 2 N–H and O–H groups in total. The molecule has 1 aliphatic rings. The van der Waals surface area contributed by atoms with Crippen LogP contribution in [0.2, 0.25) is 0 Å². The van der Waals surface area contributed by atoms with E-state index in [0.717, 1.165) is 19.3 Å². The molecule has 0 radical (unpaired) electrons. The number of hydrogen-bond acceptors (Lipinski definition) is 2. The minimum Gasteiger partial charge on any atom is -0.379 e. The molecule has 2 atom stereocenters. The lowest BCUT2D eigenvalue weighted by atomic mass is 9.90. The highest BCUT2D eigenvalue weighted by atomic mass is 16.5. The van der Waals surface area contributed by atoms with Gasteiger partial charge in [0, 0.05) is 13.2 Å². The zero-order chi connectivity index (χ0) is 12.5. The molecule has 1 aliphatic carbocycles. The molecule has 2 heteroatoms. The summed E-state index contributed by atoms with van der Waals surface area (Å²) in [7, 11) is 1.78. The van der Waals surface area contributed by atoms with E-state index < -0.39 is 0 Å².